The highest BCUT2D eigenvalue weighted by molar-refractivity contribution is 7.97. The number of fused-ring (bicyclic) bond motifs is 2. The Labute approximate surface area is 186 Å². The van der Waals surface area contributed by atoms with Crippen LogP contribution >= 0.6 is 0 Å². The predicted molar refractivity (Wildman–Crippen MR) is 123 cm³/mol. The quantitative estimate of drug-likeness (QED) is 0.399. The van der Waals surface area contributed by atoms with Gasteiger partial charge in [-0.15, -0.1) is 0 Å². The molecule has 0 aromatic rings. The average molecular weight is 461 g/mol. The second-order valence-electron chi connectivity index (χ2n) is 10.1. The van der Waals surface area contributed by atoms with E-state index in [1.807, 2.05) is 13.8 Å². The van der Waals surface area contributed by atoms with Gasteiger partial charge in [0.15, 0.2) is 11.5 Å². The molecule has 7 heteroatoms. The lowest BCUT2D eigenvalue weighted by atomic mass is 9.70. The van der Waals surface area contributed by atoms with E-state index in [1.54, 1.807) is 0 Å². The van der Waals surface area contributed by atoms with Crippen molar-refractivity contribution in [3.8, 4) is 0 Å². The van der Waals surface area contributed by atoms with Crippen LogP contribution in [0.25, 0.3) is 0 Å². The Kier molecular flexibility index (Phi) is 9.03. The molecular formula is C23H40O5S2. The summed E-state index contributed by atoms with van der Waals surface area (Å²) in [5.41, 5.74) is -1.22. The van der Waals surface area contributed by atoms with Crippen molar-refractivity contribution in [3.05, 3.63) is 0 Å². The first-order valence-corrected chi connectivity index (χ1v) is 15.0. The van der Waals surface area contributed by atoms with E-state index >= 15 is 0 Å². The van der Waals surface area contributed by atoms with E-state index in [-0.39, 0.29) is 17.1 Å². The van der Waals surface area contributed by atoms with E-state index in [9.17, 15) is 22.6 Å². The highest BCUT2D eigenvalue weighted by atomic mass is 32.2. The van der Waals surface area contributed by atoms with Crippen molar-refractivity contribution in [1.29, 1.82) is 0 Å². The van der Waals surface area contributed by atoms with Gasteiger partial charge >= 0.3 is 0 Å². The zero-order valence-corrected chi connectivity index (χ0v) is 20.8. The highest BCUT2D eigenvalue weighted by Gasteiger charge is 2.64. The van der Waals surface area contributed by atoms with Gasteiger partial charge in [-0.25, -0.2) is 8.42 Å². The summed E-state index contributed by atoms with van der Waals surface area (Å²) in [5.74, 6) is 1.09. The minimum Gasteiger partial charge on any atom is -0.748 e. The molecule has 3 aliphatic rings. The zero-order valence-electron chi connectivity index (χ0n) is 19.2. The fraction of sp³-hybridized carbons (Fsp3) is 0.913. The van der Waals surface area contributed by atoms with Crippen LogP contribution in [0.2, 0.25) is 0 Å². The minimum atomic E-state index is -4.33. The fourth-order valence-corrected chi connectivity index (χ4v) is 9.00. The van der Waals surface area contributed by atoms with Gasteiger partial charge in [-0.2, -0.15) is 0 Å². The Morgan fingerprint density at radius 3 is 2.27 bits per heavy atom. The molecule has 0 radical (unpaired) electrons. The van der Waals surface area contributed by atoms with Crippen LogP contribution in [-0.4, -0.2) is 47.5 Å². The van der Waals surface area contributed by atoms with Gasteiger partial charge in [0.05, 0.1) is 22.1 Å². The minimum absolute atomic E-state index is 0.0248. The molecule has 0 spiro atoms. The topological polar surface area (TPSA) is 91.3 Å². The molecule has 0 heterocycles. The van der Waals surface area contributed by atoms with Crippen molar-refractivity contribution < 1.29 is 22.6 Å². The predicted octanol–water partition coefficient (Wildman–Crippen LogP) is 4.25. The van der Waals surface area contributed by atoms with E-state index < -0.39 is 21.3 Å². The number of carbonyl (C=O) groups excluding carboxylic acids is 2. The van der Waals surface area contributed by atoms with Crippen molar-refractivity contribution >= 4 is 32.6 Å². The molecule has 3 unspecified atom stereocenters. The molecule has 30 heavy (non-hydrogen) atoms. The zero-order chi connectivity index (χ0) is 22.6. The molecule has 0 aromatic carbocycles. The number of ketones is 2. The molecule has 174 valence electrons. The van der Waals surface area contributed by atoms with Crippen molar-refractivity contribution in [2.45, 2.75) is 96.7 Å². The summed E-state index contributed by atoms with van der Waals surface area (Å²) in [4.78, 5) is 23.5. The molecule has 3 fully saturated rings. The fourth-order valence-electron chi connectivity index (χ4n) is 5.70. The van der Waals surface area contributed by atoms with Crippen LogP contribution in [0, 0.1) is 16.7 Å². The van der Waals surface area contributed by atoms with Crippen LogP contribution in [0.3, 0.4) is 0 Å². The third kappa shape index (κ3) is 6.10. The highest BCUT2D eigenvalue weighted by Crippen LogP contribution is 2.64. The second kappa shape index (κ2) is 10.5. The summed E-state index contributed by atoms with van der Waals surface area (Å²) in [7, 11) is -3.97. The maximum absolute atomic E-state index is 11.8. The van der Waals surface area contributed by atoms with Gasteiger partial charge in [0, 0.05) is 18.3 Å². The number of hydrogen-bond donors (Lipinski definition) is 0. The molecule has 0 N–H and O–H groups in total. The van der Waals surface area contributed by atoms with Crippen LogP contribution in [0.4, 0.5) is 0 Å². The summed E-state index contributed by atoms with van der Waals surface area (Å²) < 4.78 is 32.7. The molecule has 5 nitrogen and oxygen atoms in total. The van der Waals surface area contributed by atoms with Crippen LogP contribution < -0.4 is 0 Å². The van der Waals surface area contributed by atoms with E-state index in [0.29, 0.717) is 29.5 Å². The van der Waals surface area contributed by atoms with Gasteiger partial charge in [-0.3, -0.25) is 9.59 Å². The van der Waals surface area contributed by atoms with Crippen LogP contribution in [0.1, 0.15) is 91.4 Å². The molecule has 3 aliphatic carbocycles. The van der Waals surface area contributed by atoms with Crippen molar-refractivity contribution in [2.75, 3.05) is 17.8 Å². The summed E-state index contributed by atoms with van der Waals surface area (Å²) in [6.07, 6.45) is 14.2. The van der Waals surface area contributed by atoms with E-state index in [0.717, 1.165) is 36.7 Å². The second-order valence-corrected chi connectivity index (χ2v) is 13.8. The van der Waals surface area contributed by atoms with Gasteiger partial charge < -0.3 is 4.55 Å². The van der Waals surface area contributed by atoms with Crippen molar-refractivity contribution in [2.24, 2.45) is 16.7 Å². The largest absolute Gasteiger partial charge is 0.748 e. The molecule has 0 aromatic heterocycles. The Hall–Kier alpha value is -0.400. The van der Waals surface area contributed by atoms with Crippen LogP contribution in [-0.2, 0) is 30.6 Å². The van der Waals surface area contributed by atoms with E-state index in [2.05, 4.69) is 13.2 Å². The number of hydrogen-bond acceptors (Lipinski definition) is 5. The monoisotopic (exact) mass is 460 g/mol. The third-order valence-corrected chi connectivity index (χ3v) is 11.1. The van der Waals surface area contributed by atoms with Gasteiger partial charge in [0.1, 0.15) is 11.0 Å². The number of unbranched alkanes of at least 4 members (excludes halogenated alkanes) is 1. The molecule has 0 saturated heterocycles. The van der Waals surface area contributed by atoms with Gasteiger partial charge in [-0.1, -0.05) is 33.6 Å². The first-order valence-electron chi connectivity index (χ1n) is 11.5. The molecule has 3 saturated carbocycles. The Morgan fingerprint density at radius 2 is 1.80 bits per heavy atom. The molecule has 3 rings (SSSR count). The van der Waals surface area contributed by atoms with Gasteiger partial charge in [0.2, 0.25) is 0 Å². The number of Topliss-reactive ketones (excluding diaryl/α,β-unsaturated/α-hetero) is 2. The lowest BCUT2D eigenvalue weighted by molar-refractivity contribution is -0.128. The Morgan fingerprint density at radius 1 is 1.17 bits per heavy atom. The molecular weight excluding hydrogens is 420 g/mol. The molecule has 3 atom stereocenters. The van der Waals surface area contributed by atoms with Crippen molar-refractivity contribution in [1.82, 2.24) is 0 Å². The van der Waals surface area contributed by atoms with Crippen LogP contribution in [0.15, 0.2) is 0 Å². The normalized spacial score (nSPS) is 29.4. The number of rotatable bonds is 8. The molecule has 0 aliphatic heterocycles. The van der Waals surface area contributed by atoms with Crippen LogP contribution in [0.5, 0.6) is 0 Å². The standard InChI is InChI=1S/C13H25OS.C10H16O4S/c1-3-4-8-12(14)11-15(2)13-9-6-5-7-10-13;1-9(2)7-3-4-10(9,8(11)5-7)6-15(12,13)14/h13H,3-11H2,1-2H3;7H,3-6H2,1-2H3,(H,12,13,14)/q+1;/p-1. The first kappa shape index (κ1) is 25.9. The number of carbonyl (C=O) groups is 2. The first-order chi connectivity index (χ1) is 13.9. The Bertz CT molecular complexity index is 709. The maximum Gasteiger partial charge on any atom is 0.181 e. The van der Waals surface area contributed by atoms with Gasteiger partial charge in [-0.05, 0) is 67.2 Å². The van der Waals surface area contributed by atoms with E-state index in [4.69, 9.17) is 0 Å². The molecule has 2 bridgehead atoms. The lowest BCUT2D eigenvalue weighted by Crippen LogP contribution is -2.42. The summed E-state index contributed by atoms with van der Waals surface area (Å²) in [6, 6.07) is 0. The summed E-state index contributed by atoms with van der Waals surface area (Å²) in [6.45, 7) is 5.99. The smallest absolute Gasteiger partial charge is 0.181 e. The molecule has 0 amide bonds. The third-order valence-electron chi connectivity index (χ3n) is 7.88. The SMILES string of the molecule is CC1(C)C2CCC1(CS(=O)(=O)[O-])C(=O)C2.CCCCC(=O)C[S+](C)C1CCCCC1. The van der Waals surface area contributed by atoms with E-state index in [1.165, 1.54) is 32.1 Å². The maximum atomic E-state index is 11.8. The summed E-state index contributed by atoms with van der Waals surface area (Å²) >= 11 is 0. The Balaban J connectivity index is 0.000000214. The van der Waals surface area contributed by atoms with Gasteiger partial charge in [0.25, 0.3) is 0 Å². The van der Waals surface area contributed by atoms with Crippen molar-refractivity contribution in [3.63, 3.8) is 0 Å². The summed E-state index contributed by atoms with van der Waals surface area (Å²) in [5, 5.41) is 0.865. The lowest BCUT2D eigenvalue weighted by Gasteiger charge is -2.37. The average Bonchev–Trinajstić information content (AvgIpc) is 3.00.